The maximum atomic E-state index is 13.2. The van der Waals surface area contributed by atoms with Crippen molar-refractivity contribution in [2.45, 2.75) is 52.0 Å². The van der Waals surface area contributed by atoms with E-state index in [2.05, 4.69) is 50.6 Å². The van der Waals surface area contributed by atoms with Crippen molar-refractivity contribution < 1.29 is 14.7 Å². The van der Waals surface area contributed by atoms with Crippen LogP contribution in [0.3, 0.4) is 0 Å². The highest BCUT2D eigenvalue weighted by atomic mass is 79.9. The molecule has 35 heavy (non-hydrogen) atoms. The number of rotatable bonds is 12. The van der Waals surface area contributed by atoms with Crippen LogP contribution in [0.25, 0.3) is 5.76 Å². The minimum Gasteiger partial charge on any atom is -0.507 e. The van der Waals surface area contributed by atoms with E-state index in [0.29, 0.717) is 12.1 Å². The molecule has 1 atom stereocenters. The van der Waals surface area contributed by atoms with Gasteiger partial charge in [-0.3, -0.25) is 9.59 Å². The first kappa shape index (κ1) is 27.6. The summed E-state index contributed by atoms with van der Waals surface area (Å²) >= 11 is 6.86. The fourth-order valence-corrected chi connectivity index (χ4v) is 4.96. The van der Waals surface area contributed by atoms with Crippen molar-refractivity contribution in [3.8, 4) is 0 Å². The van der Waals surface area contributed by atoms with Gasteiger partial charge in [-0.15, -0.1) is 0 Å². The molecule has 2 aromatic carbocycles. The third-order valence-corrected chi connectivity index (χ3v) is 7.43. The van der Waals surface area contributed by atoms with Gasteiger partial charge in [-0.05, 0) is 68.7 Å². The van der Waals surface area contributed by atoms with E-state index in [9.17, 15) is 14.7 Å². The number of nitrogens with zero attached hydrogens (tertiary/aromatic N) is 2. The maximum absolute atomic E-state index is 13.2. The van der Waals surface area contributed by atoms with Gasteiger partial charge in [0.25, 0.3) is 11.7 Å². The summed E-state index contributed by atoms with van der Waals surface area (Å²) in [6.45, 7) is 7.83. The van der Waals surface area contributed by atoms with Crippen molar-refractivity contribution in [2.24, 2.45) is 0 Å². The van der Waals surface area contributed by atoms with Crippen molar-refractivity contribution in [3.05, 3.63) is 74.2 Å². The predicted molar refractivity (Wildman–Crippen MR) is 148 cm³/mol. The van der Waals surface area contributed by atoms with E-state index in [0.717, 1.165) is 66.2 Å². The van der Waals surface area contributed by atoms with Gasteiger partial charge in [0, 0.05) is 21.1 Å². The Labute approximate surface area is 225 Å². The number of amides is 1. The van der Waals surface area contributed by atoms with Crippen LogP contribution in [-0.4, -0.2) is 52.8 Å². The molecule has 1 aliphatic heterocycles. The normalized spacial score (nSPS) is 17.5. The second-order valence-electron chi connectivity index (χ2n) is 8.95. The van der Waals surface area contributed by atoms with Crippen molar-refractivity contribution in [3.63, 3.8) is 0 Å². The van der Waals surface area contributed by atoms with Crippen molar-refractivity contribution >= 4 is 49.3 Å². The number of hydrogen-bond donors (Lipinski definition) is 1. The average Bonchev–Trinajstić information content (AvgIpc) is 3.10. The lowest BCUT2D eigenvalue weighted by molar-refractivity contribution is -0.140. The number of carbonyl (C=O) groups is 2. The molecule has 1 heterocycles. The molecule has 1 aliphatic rings. The Bertz CT molecular complexity index is 1030. The van der Waals surface area contributed by atoms with Gasteiger partial charge < -0.3 is 14.9 Å². The summed E-state index contributed by atoms with van der Waals surface area (Å²) in [6.07, 6.45) is 5.38. The number of aliphatic hydroxyl groups excluding tert-OH is 1. The topological polar surface area (TPSA) is 60.9 Å². The molecule has 1 N–H and O–H groups in total. The molecule has 188 valence electrons. The lowest BCUT2D eigenvalue weighted by Crippen LogP contribution is -2.34. The van der Waals surface area contributed by atoms with E-state index < -0.39 is 17.7 Å². The number of unbranched alkanes of at least 4 members (excludes halogenated alkanes) is 2. The fraction of sp³-hybridized carbons (Fsp3) is 0.429. The Morgan fingerprint density at radius 2 is 1.37 bits per heavy atom. The van der Waals surface area contributed by atoms with Crippen LogP contribution in [0.1, 0.15) is 63.1 Å². The van der Waals surface area contributed by atoms with E-state index in [1.807, 2.05) is 24.3 Å². The molecule has 2 aromatic rings. The predicted octanol–water partition coefficient (Wildman–Crippen LogP) is 6.93. The number of likely N-dealkylation sites (tertiary alicyclic amines) is 1. The van der Waals surface area contributed by atoms with E-state index in [4.69, 9.17) is 0 Å². The minimum atomic E-state index is -0.632. The first-order valence-corrected chi connectivity index (χ1v) is 14.0. The van der Waals surface area contributed by atoms with Crippen molar-refractivity contribution in [1.82, 2.24) is 9.80 Å². The first-order chi connectivity index (χ1) is 16.9. The van der Waals surface area contributed by atoms with Gasteiger partial charge in [0.2, 0.25) is 0 Å². The number of hydrogen-bond acceptors (Lipinski definition) is 4. The molecule has 0 radical (unpaired) electrons. The zero-order valence-corrected chi connectivity index (χ0v) is 23.6. The molecule has 0 saturated carbocycles. The number of Topliss-reactive ketones (excluding diaryl/α,β-unsaturated/α-hetero) is 1. The minimum absolute atomic E-state index is 0.140. The molecule has 5 nitrogen and oxygen atoms in total. The van der Waals surface area contributed by atoms with Gasteiger partial charge in [0.1, 0.15) is 5.76 Å². The molecule has 1 saturated heterocycles. The van der Waals surface area contributed by atoms with Crippen LogP contribution in [0.4, 0.5) is 0 Å². The van der Waals surface area contributed by atoms with E-state index in [-0.39, 0.29) is 11.3 Å². The Morgan fingerprint density at radius 1 is 0.857 bits per heavy atom. The molecular weight excluding hydrogens is 572 g/mol. The Balaban J connectivity index is 1.90. The summed E-state index contributed by atoms with van der Waals surface area (Å²) in [5, 5.41) is 11.2. The molecule has 1 fully saturated rings. The van der Waals surface area contributed by atoms with Gasteiger partial charge in [-0.1, -0.05) is 82.8 Å². The van der Waals surface area contributed by atoms with Crippen LogP contribution in [-0.2, 0) is 9.59 Å². The third kappa shape index (κ3) is 7.05. The molecule has 0 spiro atoms. The van der Waals surface area contributed by atoms with Crippen LogP contribution >= 0.6 is 31.9 Å². The van der Waals surface area contributed by atoms with Gasteiger partial charge in [-0.2, -0.15) is 0 Å². The monoisotopic (exact) mass is 604 g/mol. The van der Waals surface area contributed by atoms with Gasteiger partial charge >= 0.3 is 0 Å². The molecule has 0 bridgehead atoms. The van der Waals surface area contributed by atoms with Gasteiger partial charge in [0.05, 0.1) is 11.6 Å². The highest BCUT2D eigenvalue weighted by Crippen LogP contribution is 2.39. The van der Waals surface area contributed by atoms with E-state index in [1.165, 1.54) is 0 Å². The second-order valence-corrected chi connectivity index (χ2v) is 10.8. The molecule has 0 aromatic heterocycles. The number of halogens is 2. The molecule has 1 amide bonds. The lowest BCUT2D eigenvalue weighted by Gasteiger charge is -2.27. The third-order valence-electron chi connectivity index (χ3n) is 6.37. The number of carbonyl (C=O) groups excluding carboxylic acids is 2. The largest absolute Gasteiger partial charge is 0.507 e. The Kier molecular flexibility index (Phi) is 10.6. The molecular formula is C28H34Br2N2O3. The SMILES string of the molecule is CCCCN(CCCC)CCCN1C(=O)C(=O)C(=C(O)c2ccc(Br)cc2)C1c1ccc(Br)cc1. The molecule has 1 unspecified atom stereocenters. The molecule has 7 heteroatoms. The fourth-order valence-electron chi connectivity index (χ4n) is 4.43. The van der Waals surface area contributed by atoms with Crippen molar-refractivity contribution in [2.75, 3.05) is 26.2 Å². The Hall–Kier alpha value is -1.96. The first-order valence-electron chi connectivity index (χ1n) is 12.4. The number of benzene rings is 2. The zero-order valence-electron chi connectivity index (χ0n) is 20.5. The van der Waals surface area contributed by atoms with E-state index in [1.54, 1.807) is 29.2 Å². The zero-order chi connectivity index (χ0) is 25.4. The highest BCUT2D eigenvalue weighted by Gasteiger charge is 2.45. The summed E-state index contributed by atoms with van der Waals surface area (Å²) in [5.74, 6) is -1.32. The standard InChI is InChI=1S/C28H34Br2N2O3/c1-3-5-16-31(17-6-4-2)18-7-19-32-25(20-8-12-22(29)13-9-20)24(27(34)28(32)35)26(33)21-10-14-23(30)15-11-21/h8-15,25,33H,3-7,16-19H2,1-2H3. The smallest absolute Gasteiger partial charge is 0.295 e. The van der Waals surface area contributed by atoms with Crippen LogP contribution < -0.4 is 0 Å². The number of ketones is 1. The van der Waals surface area contributed by atoms with Crippen LogP contribution in [0.5, 0.6) is 0 Å². The van der Waals surface area contributed by atoms with Gasteiger partial charge in [0.15, 0.2) is 0 Å². The highest BCUT2D eigenvalue weighted by molar-refractivity contribution is 9.10. The summed E-state index contributed by atoms with van der Waals surface area (Å²) < 4.78 is 1.78. The van der Waals surface area contributed by atoms with Gasteiger partial charge in [-0.25, -0.2) is 0 Å². The molecule has 0 aliphatic carbocycles. The van der Waals surface area contributed by atoms with Crippen LogP contribution in [0.15, 0.2) is 63.0 Å². The summed E-state index contributed by atoms with van der Waals surface area (Å²) in [6, 6.07) is 14.1. The molecule has 3 rings (SSSR count). The average molecular weight is 606 g/mol. The Morgan fingerprint density at radius 3 is 1.91 bits per heavy atom. The quantitative estimate of drug-likeness (QED) is 0.162. The lowest BCUT2D eigenvalue weighted by atomic mass is 9.95. The number of aliphatic hydroxyl groups is 1. The van der Waals surface area contributed by atoms with E-state index >= 15 is 0 Å². The second kappa shape index (κ2) is 13.4. The summed E-state index contributed by atoms with van der Waals surface area (Å²) in [4.78, 5) is 30.5. The van der Waals surface area contributed by atoms with Crippen LogP contribution in [0.2, 0.25) is 0 Å². The van der Waals surface area contributed by atoms with Crippen LogP contribution in [0, 0.1) is 0 Å². The van der Waals surface area contributed by atoms with Crippen molar-refractivity contribution in [1.29, 1.82) is 0 Å². The summed E-state index contributed by atoms with van der Waals surface area (Å²) in [7, 11) is 0. The maximum Gasteiger partial charge on any atom is 0.295 e. The summed E-state index contributed by atoms with van der Waals surface area (Å²) in [5.41, 5.74) is 1.46.